The van der Waals surface area contributed by atoms with Crippen molar-refractivity contribution in [2.45, 2.75) is 6.54 Å². The van der Waals surface area contributed by atoms with Gasteiger partial charge in [-0.2, -0.15) is 0 Å². The molecule has 0 saturated heterocycles. The second kappa shape index (κ2) is 4.68. The lowest BCUT2D eigenvalue weighted by Gasteiger charge is -2.06. The smallest absolute Gasteiger partial charge is 0.253 e. The van der Waals surface area contributed by atoms with E-state index in [9.17, 15) is 4.79 Å². The van der Waals surface area contributed by atoms with Gasteiger partial charge in [0.25, 0.3) is 5.56 Å². The van der Waals surface area contributed by atoms with Crippen molar-refractivity contribution in [2.75, 3.05) is 0 Å². The molecule has 0 aliphatic carbocycles. The molecule has 0 N–H and O–H groups in total. The number of benzene rings is 1. The fourth-order valence-electron chi connectivity index (χ4n) is 1.35. The maximum absolute atomic E-state index is 11.5. The van der Waals surface area contributed by atoms with Gasteiger partial charge in [-0.25, -0.2) is 4.98 Å². The van der Waals surface area contributed by atoms with Gasteiger partial charge in [-0.05, 0) is 23.8 Å². The van der Waals surface area contributed by atoms with Crippen LogP contribution in [0.25, 0.3) is 0 Å². The van der Waals surface area contributed by atoms with E-state index < -0.39 is 0 Å². The second-order valence-corrected chi connectivity index (χ2v) is 4.13. The van der Waals surface area contributed by atoms with Gasteiger partial charge in [0.1, 0.15) is 0 Å². The highest BCUT2D eigenvalue weighted by Crippen LogP contribution is 2.20. The van der Waals surface area contributed by atoms with Crippen LogP contribution in [0.3, 0.4) is 0 Å². The first-order chi connectivity index (χ1) is 7.66. The highest BCUT2D eigenvalue weighted by Gasteiger charge is 2.03. The molecule has 0 aliphatic rings. The van der Waals surface area contributed by atoms with Crippen molar-refractivity contribution in [3.05, 3.63) is 62.8 Å². The van der Waals surface area contributed by atoms with Crippen molar-refractivity contribution in [3.63, 3.8) is 0 Å². The van der Waals surface area contributed by atoms with Crippen LogP contribution < -0.4 is 5.56 Å². The predicted molar refractivity (Wildman–Crippen MR) is 64.1 cm³/mol. The molecule has 0 fully saturated rings. The monoisotopic (exact) mass is 254 g/mol. The maximum atomic E-state index is 11.5. The maximum Gasteiger partial charge on any atom is 0.253 e. The Morgan fingerprint density at radius 2 is 2.06 bits per heavy atom. The molecule has 0 aliphatic heterocycles. The summed E-state index contributed by atoms with van der Waals surface area (Å²) < 4.78 is 1.47. The summed E-state index contributed by atoms with van der Waals surface area (Å²) >= 11 is 11.9. The molecule has 0 saturated carbocycles. The lowest BCUT2D eigenvalue weighted by molar-refractivity contribution is 0.736. The lowest BCUT2D eigenvalue weighted by atomic mass is 10.2. The fourth-order valence-corrected chi connectivity index (χ4v) is 1.72. The highest BCUT2D eigenvalue weighted by atomic mass is 35.5. The quantitative estimate of drug-likeness (QED) is 0.826. The normalized spacial score (nSPS) is 10.4. The van der Waals surface area contributed by atoms with Crippen molar-refractivity contribution < 1.29 is 0 Å². The van der Waals surface area contributed by atoms with Crippen molar-refractivity contribution in [1.82, 2.24) is 9.55 Å². The molecule has 3 nitrogen and oxygen atoms in total. The van der Waals surface area contributed by atoms with E-state index in [4.69, 9.17) is 23.2 Å². The molecule has 82 valence electrons. The Labute approximate surface area is 102 Å². The van der Waals surface area contributed by atoms with Crippen molar-refractivity contribution in [2.24, 2.45) is 0 Å². The zero-order chi connectivity index (χ0) is 11.5. The Balaban J connectivity index is 2.38. The van der Waals surface area contributed by atoms with E-state index in [0.717, 1.165) is 5.56 Å². The lowest BCUT2D eigenvalue weighted by Crippen LogP contribution is -2.19. The number of aromatic nitrogens is 2. The Hall–Kier alpha value is -1.32. The zero-order valence-electron chi connectivity index (χ0n) is 8.23. The molecule has 0 unspecified atom stereocenters. The van der Waals surface area contributed by atoms with Crippen LogP contribution in [0.2, 0.25) is 10.0 Å². The minimum Gasteiger partial charge on any atom is -0.295 e. The topological polar surface area (TPSA) is 34.9 Å². The van der Waals surface area contributed by atoms with Crippen LogP contribution in [-0.2, 0) is 6.54 Å². The van der Waals surface area contributed by atoms with Gasteiger partial charge in [0, 0.05) is 22.3 Å². The van der Waals surface area contributed by atoms with Gasteiger partial charge in [0.2, 0.25) is 0 Å². The van der Waals surface area contributed by atoms with Gasteiger partial charge in [0.05, 0.1) is 12.9 Å². The predicted octanol–water partition coefficient (Wildman–Crippen LogP) is 2.60. The van der Waals surface area contributed by atoms with E-state index >= 15 is 0 Å². The molecule has 5 heteroatoms. The van der Waals surface area contributed by atoms with E-state index in [2.05, 4.69) is 4.98 Å². The van der Waals surface area contributed by atoms with Gasteiger partial charge < -0.3 is 0 Å². The van der Waals surface area contributed by atoms with Gasteiger partial charge in [-0.1, -0.05) is 23.2 Å². The molecule has 2 rings (SSSR count). The first kappa shape index (κ1) is 11.2. The standard InChI is InChI=1S/C11H8Cl2N2O/c12-9-1-2-10(13)8(5-9)6-15-7-14-4-3-11(15)16/h1-5,7H,6H2. The average Bonchev–Trinajstić information content (AvgIpc) is 2.27. The van der Waals surface area contributed by atoms with E-state index in [1.54, 1.807) is 18.2 Å². The zero-order valence-corrected chi connectivity index (χ0v) is 9.74. The van der Waals surface area contributed by atoms with Crippen LogP contribution in [0.1, 0.15) is 5.56 Å². The largest absolute Gasteiger partial charge is 0.295 e. The van der Waals surface area contributed by atoms with E-state index in [1.807, 2.05) is 0 Å². The molecule has 1 aromatic heterocycles. The van der Waals surface area contributed by atoms with Crippen molar-refractivity contribution in [3.8, 4) is 0 Å². The van der Waals surface area contributed by atoms with E-state index in [0.29, 0.717) is 16.6 Å². The third kappa shape index (κ3) is 2.43. The number of hydrogen-bond donors (Lipinski definition) is 0. The molecule has 0 amide bonds. The first-order valence-corrected chi connectivity index (χ1v) is 5.37. The molecule has 1 aromatic carbocycles. The fraction of sp³-hybridized carbons (Fsp3) is 0.0909. The summed E-state index contributed by atoms with van der Waals surface area (Å²) in [5.74, 6) is 0. The third-order valence-corrected chi connectivity index (χ3v) is 2.74. The number of rotatable bonds is 2. The Morgan fingerprint density at radius 3 is 2.81 bits per heavy atom. The summed E-state index contributed by atoms with van der Waals surface area (Å²) in [5, 5.41) is 1.18. The molecular formula is C11H8Cl2N2O. The summed E-state index contributed by atoms with van der Waals surface area (Å²) in [4.78, 5) is 15.3. The third-order valence-electron chi connectivity index (χ3n) is 2.14. The minimum atomic E-state index is -0.119. The molecular weight excluding hydrogens is 247 g/mol. The molecule has 1 heterocycles. The second-order valence-electron chi connectivity index (χ2n) is 3.28. The number of halogens is 2. The van der Waals surface area contributed by atoms with Crippen LogP contribution in [0, 0.1) is 0 Å². The van der Waals surface area contributed by atoms with Crippen LogP contribution in [-0.4, -0.2) is 9.55 Å². The van der Waals surface area contributed by atoms with Gasteiger partial charge >= 0.3 is 0 Å². The molecule has 0 bridgehead atoms. The van der Waals surface area contributed by atoms with Crippen molar-refractivity contribution in [1.29, 1.82) is 0 Å². The van der Waals surface area contributed by atoms with E-state index in [-0.39, 0.29) is 5.56 Å². The van der Waals surface area contributed by atoms with Crippen molar-refractivity contribution >= 4 is 23.2 Å². The molecule has 16 heavy (non-hydrogen) atoms. The van der Waals surface area contributed by atoms with Gasteiger partial charge in [-0.15, -0.1) is 0 Å². The summed E-state index contributed by atoms with van der Waals surface area (Å²) in [6.07, 6.45) is 2.93. The van der Waals surface area contributed by atoms with Crippen LogP contribution in [0.4, 0.5) is 0 Å². The van der Waals surface area contributed by atoms with Gasteiger partial charge in [-0.3, -0.25) is 9.36 Å². The summed E-state index contributed by atoms with van der Waals surface area (Å²) in [6.45, 7) is 0.367. The molecule has 2 aromatic rings. The summed E-state index contributed by atoms with van der Waals surface area (Å²) in [7, 11) is 0. The first-order valence-electron chi connectivity index (χ1n) is 4.61. The number of hydrogen-bond acceptors (Lipinski definition) is 2. The number of nitrogens with zero attached hydrogens (tertiary/aromatic N) is 2. The Bertz CT molecular complexity index is 566. The van der Waals surface area contributed by atoms with Gasteiger partial charge in [0.15, 0.2) is 0 Å². The molecule has 0 spiro atoms. The highest BCUT2D eigenvalue weighted by molar-refractivity contribution is 6.33. The SMILES string of the molecule is O=c1ccncn1Cc1cc(Cl)ccc1Cl. The van der Waals surface area contributed by atoms with Crippen LogP contribution >= 0.6 is 23.2 Å². The Morgan fingerprint density at radius 1 is 1.25 bits per heavy atom. The molecule has 0 radical (unpaired) electrons. The average molecular weight is 255 g/mol. The summed E-state index contributed by atoms with van der Waals surface area (Å²) in [5.41, 5.74) is 0.676. The molecule has 0 atom stereocenters. The van der Waals surface area contributed by atoms with E-state index in [1.165, 1.54) is 23.2 Å². The van der Waals surface area contributed by atoms with Crippen LogP contribution in [0.5, 0.6) is 0 Å². The minimum absolute atomic E-state index is 0.119. The Kier molecular flexibility index (Phi) is 3.27. The summed E-state index contributed by atoms with van der Waals surface area (Å²) in [6, 6.07) is 6.56. The van der Waals surface area contributed by atoms with Crippen LogP contribution in [0.15, 0.2) is 41.6 Å².